The monoisotopic (exact) mass is 405 g/mol. The second-order valence-corrected chi connectivity index (χ2v) is 8.94. The largest absolute Gasteiger partial charge is 0.503 e. The number of carbonyl (C=O) groups is 2. The number of aliphatic hydroxyl groups excluding tert-OH is 1. The van der Waals surface area contributed by atoms with Gasteiger partial charge in [-0.15, -0.1) is 0 Å². The van der Waals surface area contributed by atoms with Gasteiger partial charge in [-0.3, -0.25) is 9.59 Å². The van der Waals surface area contributed by atoms with Crippen LogP contribution in [0.15, 0.2) is 65.9 Å². The lowest BCUT2D eigenvalue weighted by molar-refractivity contribution is -0.129. The van der Waals surface area contributed by atoms with Crippen LogP contribution >= 0.6 is 0 Å². The maximum absolute atomic E-state index is 13.1. The second-order valence-electron chi connectivity index (χ2n) is 8.94. The molecule has 0 aliphatic carbocycles. The van der Waals surface area contributed by atoms with Crippen molar-refractivity contribution in [3.8, 4) is 0 Å². The van der Waals surface area contributed by atoms with E-state index < -0.39 is 17.7 Å². The first-order chi connectivity index (χ1) is 14.2. The minimum Gasteiger partial charge on any atom is -0.503 e. The van der Waals surface area contributed by atoms with Gasteiger partial charge in [-0.05, 0) is 34.9 Å². The molecule has 1 N–H and O–H groups in total. The van der Waals surface area contributed by atoms with E-state index in [4.69, 9.17) is 0 Å². The Morgan fingerprint density at radius 1 is 1.03 bits per heavy atom. The fourth-order valence-electron chi connectivity index (χ4n) is 3.96. The van der Waals surface area contributed by atoms with E-state index in [0.29, 0.717) is 13.0 Å². The Morgan fingerprint density at radius 3 is 2.23 bits per heavy atom. The molecule has 0 saturated carbocycles. The molecule has 1 atom stereocenters. The Hall–Kier alpha value is -2.88. The van der Waals surface area contributed by atoms with Crippen molar-refractivity contribution < 1.29 is 14.7 Å². The van der Waals surface area contributed by atoms with Crippen molar-refractivity contribution in [3.63, 3.8) is 0 Å². The van der Waals surface area contributed by atoms with Crippen LogP contribution in [0.3, 0.4) is 0 Å². The summed E-state index contributed by atoms with van der Waals surface area (Å²) in [5.41, 5.74) is 3.35. The molecule has 158 valence electrons. The molecule has 1 amide bonds. The number of aliphatic hydroxyl groups is 1. The Balaban J connectivity index is 1.92. The van der Waals surface area contributed by atoms with Gasteiger partial charge in [0.25, 0.3) is 5.91 Å². The molecule has 1 unspecified atom stereocenters. The summed E-state index contributed by atoms with van der Waals surface area (Å²) >= 11 is 0. The first-order valence-electron chi connectivity index (χ1n) is 10.7. The molecule has 1 aliphatic rings. The number of amides is 1. The molecule has 4 nitrogen and oxygen atoms in total. The number of hydrogen-bond donors (Lipinski definition) is 1. The predicted molar refractivity (Wildman–Crippen MR) is 119 cm³/mol. The van der Waals surface area contributed by atoms with Gasteiger partial charge in [0, 0.05) is 13.0 Å². The van der Waals surface area contributed by atoms with Crippen LogP contribution in [-0.2, 0) is 21.4 Å². The van der Waals surface area contributed by atoms with Crippen molar-refractivity contribution >= 4 is 11.7 Å². The number of ketones is 1. The van der Waals surface area contributed by atoms with Crippen LogP contribution in [0, 0.1) is 0 Å². The third-order valence-electron chi connectivity index (χ3n) is 5.64. The third-order valence-corrected chi connectivity index (χ3v) is 5.64. The number of carbonyl (C=O) groups excluding carboxylic acids is 2. The van der Waals surface area contributed by atoms with Gasteiger partial charge in [0.15, 0.2) is 11.5 Å². The third kappa shape index (κ3) is 4.48. The van der Waals surface area contributed by atoms with E-state index in [1.807, 2.05) is 61.5 Å². The van der Waals surface area contributed by atoms with E-state index in [9.17, 15) is 14.7 Å². The molecule has 1 heterocycles. The second kappa shape index (κ2) is 8.86. The van der Waals surface area contributed by atoms with Gasteiger partial charge in [0.05, 0.1) is 11.6 Å². The lowest BCUT2D eigenvalue weighted by atomic mass is 9.85. The molecule has 1 aliphatic heterocycles. The predicted octanol–water partition coefficient (Wildman–Crippen LogP) is 5.29. The standard InChI is InChI=1S/C26H31NO3/c1-5-17-27-23(19-12-14-20(15-13-19)26(2,3)4)22(24(29)25(27)30)21(28)16-11-18-9-7-6-8-10-18/h6-10,12-15,23,29H,5,11,16-17H2,1-4H3. The van der Waals surface area contributed by atoms with Crippen LogP contribution in [-0.4, -0.2) is 28.2 Å². The van der Waals surface area contributed by atoms with E-state index in [1.165, 1.54) is 5.56 Å². The lowest BCUT2D eigenvalue weighted by Gasteiger charge is -2.27. The summed E-state index contributed by atoms with van der Waals surface area (Å²) in [5.74, 6) is -1.02. The van der Waals surface area contributed by atoms with Crippen molar-refractivity contribution in [2.24, 2.45) is 0 Å². The molecule has 0 saturated heterocycles. The van der Waals surface area contributed by atoms with Gasteiger partial charge in [-0.2, -0.15) is 0 Å². The molecule has 2 aromatic carbocycles. The number of hydrogen-bond acceptors (Lipinski definition) is 3. The average molecular weight is 406 g/mol. The molecule has 3 rings (SSSR count). The SMILES string of the molecule is CCCN1C(=O)C(O)=C(C(=O)CCc2ccccc2)C1c1ccc(C(C)(C)C)cc1. The highest BCUT2D eigenvalue weighted by Crippen LogP contribution is 2.39. The quantitative estimate of drug-likeness (QED) is 0.681. The molecule has 0 radical (unpaired) electrons. The summed E-state index contributed by atoms with van der Waals surface area (Å²) in [7, 11) is 0. The molecule has 2 aromatic rings. The summed E-state index contributed by atoms with van der Waals surface area (Å²) in [5, 5.41) is 10.6. The average Bonchev–Trinajstić information content (AvgIpc) is 2.97. The zero-order chi connectivity index (χ0) is 21.9. The fraction of sp³-hybridized carbons (Fsp3) is 0.385. The molecule has 0 spiro atoms. The lowest BCUT2D eigenvalue weighted by Crippen LogP contribution is -2.32. The van der Waals surface area contributed by atoms with Gasteiger partial charge >= 0.3 is 0 Å². The van der Waals surface area contributed by atoms with Gasteiger partial charge in [0.2, 0.25) is 0 Å². The summed E-state index contributed by atoms with van der Waals surface area (Å²) in [6.07, 6.45) is 1.59. The highest BCUT2D eigenvalue weighted by molar-refractivity contribution is 6.09. The summed E-state index contributed by atoms with van der Waals surface area (Å²) in [4.78, 5) is 27.5. The maximum atomic E-state index is 13.1. The van der Waals surface area contributed by atoms with Crippen LogP contribution in [0.1, 0.15) is 63.3 Å². The number of benzene rings is 2. The van der Waals surface area contributed by atoms with E-state index in [-0.39, 0.29) is 23.2 Å². The smallest absolute Gasteiger partial charge is 0.290 e. The van der Waals surface area contributed by atoms with Crippen LogP contribution < -0.4 is 0 Å². The molecular formula is C26H31NO3. The highest BCUT2D eigenvalue weighted by atomic mass is 16.3. The normalized spacial score (nSPS) is 17.0. The Morgan fingerprint density at radius 2 is 1.67 bits per heavy atom. The van der Waals surface area contributed by atoms with Gasteiger partial charge in [-0.1, -0.05) is 82.3 Å². The van der Waals surface area contributed by atoms with E-state index in [1.54, 1.807) is 4.90 Å². The van der Waals surface area contributed by atoms with Crippen molar-refractivity contribution in [3.05, 3.63) is 82.6 Å². The summed E-state index contributed by atoms with van der Waals surface area (Å²) in [6.45, 7) is 8.92. The van der Waals surface area contributed by atoms with E-state index in [0.717, 1.165) is 17.5 Å². The number of rotatable bonds is 7. The zero-order valence-corrected chi connectivity index (χ0v) is 18.3. The van der Waals surface area contributed by atoms with Crippen LogP contribution in [0.5, 0.6) is 0 Å². The molecule has 0 bridgehead atoms. The van der Waals surface area contributed by atoms with Crippen LogP contribution in [0.2, 0.25) is 0 Å². The van der Waals surface area contributed by atoms with Crippen LogP contribution in [0.4, 0.5) is 0 Å². The molecule has 4 heteroatoms. The Bertz CT molecular complexity index is 936. The van der Waals surface area contributed by atoms with E-state index in [2.05, 4.69) is 20.8 Å². The number of Topliss-reactive ketones (excluding diaryl/α,β-unsaturated/α-hetero) is 1. The first kappa shape index (κ1) is 21.8. The first-order valence-corrected chi connectivity index (χ1v) is 10.7. The summed E-state index contributed by atoms with van der Waals surface area (Å²) < 4.78 is 0. The molecular weight excluding hydrogens is 374 g/mol. The van der Waals surface area contributed by atoms with Gasteiger partial charge in [0.1, 0.15) is 0 Å². The van der Waals surface area contributed by atoms with Crippen molar-refractivity contribution in [1.29, 1.82) is 0 Å². The summed E-state index contributed by atoms with van der Waals surface area (Å²) in [6, 6.07) is 17.3. The maximum Gasteiger partial charge on any atom is 0.290 e. The Kier molecular flexibility index (Phi) is 6.45. The van der Waals surface area contributed by atoms with Crippen molar-refractivity contribution in [2.75, 3.05) is 6.54 Å². The molecule has 0 fully saturated rings. The van der Waals surface area contributed by atoms with Gasteiger partial charge < -0.3 is 10.0 Å². The van der Waals surface area contributed by atoms with Crippen LogP contribution in [0.25, 0.3) is 0 Å². The fourth-order valence-corrected chi connectivity index (χ4v) is 3.96. The highest BCUT2D eigenvalue weighted by Gasteiger charge is 2.42. The zero-order valence-electron chi connectivity index (χ0n) is 18.3. The van der Waals surface area contributed by atoms with Gasteiger partial charge in [-0.25, -0.2) is 0 Å². The topological polar surface area (TPSA) is 57.6 Å². The number of aryl methyl sites for hydroxylation is 1. The van der Waals surface area contributed by atoms with E-state index >= 15 is 0 Å². The number of nitrogens with zero attached hydrogens (tertiary/aromatic N) is 1. The van der Waals surface area contributed by atoms with Crippen molar-refractivity contribution in [1.82, 2.24) is 4.90 Å². The Labute approximate surface area is 179 Å². The minimum atomic E-state index is -0.533. The minimum absolute atomic E-state index is 0.0133. The molecule has 30 heavy (non-hydrogen) atoms. The van der Waals surface area contributed by atoms with Crippen molar-refractivity contribution in [2.45, 2.75) is 58.4 Å². The molecule has 0 aromatic heterocycles.